The first-order valence-corrected chi connectivity index (χ1v) is 13.0. The second-order valence-electron chi connectivity index (χ2n) is 8.67. The molecule has 0 bridgehead atoms. The van der Waals surface area contributed by atoms with E-state index in [2.05, 4.69) is 96.5 Å². The van der Waals surface area contributed by atoms with E-state index in [4.69, 9.17) is 0 Å². The molecule has 0 nitrogen and oxygen atoms in total. The molecule has 0 fully saturated rings. The number of unbranched alkanes of at least 4 members (excludes halogenated alkanes) is 6. The third-order valence-electron chi connectivity index (χ3n) is 6.17. The fourth-order valence-corrected chi connectivity index (χ4v) is 4.87. The van der Waals surface area contributed by atoms with Crippen molar-refractivity contribution in [3.63, 3.8) is 0 Å². The molecule has 0 saturated carbocycles. The fourth-order valence-electron chi connectivity index (χ4n) is 4.28. The van der Waals surface area contributed by atoms with Gasteiger partial charge >= 0.3 is 0 Å². The molecule has 0 heterocycles. The Labute approximate surface area is 198 Å². The summed E-state index contributed by atoms with van der Waals surface area (Å²) in [5.74, 6) is 0. The van der Waals surface area contributed by atoms with Gasteiger partial charge in [0.05, 0.1) is 0 Å². The summed E-state index contributed by atoms with van der Waals surface area (Å²) in [4.78, 5) is 0. The quantitative estimate of drug-likeness (QED) is 0.228. The highest BCUT2D eigenvalue weighted by molar-refractivity contribution is 9.10. The Kier molecular flexibility index (Phi) is 9.87. The Morgan fingerprint density at radius 1 is 0.548 bits per heavy atom. The summed E-state index contributed by atoms with van der Waals surface area (Å²) in [6.07, 6.45) is 12.7. The minimum Gasteiger partial charge on any atom is -0.0654 e. The van der Waals surface area contributed by atoms with Crippen molar-refractivity contribution in [2.45, 2.75) is 78.1 Å². The second-order valence-corrected chi connectivity index (χ2v) is 9.52. The van der Waals surface area contributed by atoms with Gasteiger partial charge in [0, 0.05) is 4.47 Å². The van der Waals surface area contributed by atoms with Crippen molar-refractivity contribution in [3.05, 3.63) is 82.3 Å². The van der Waals surface area contributed by atoms with Gasteiger partial charge in [0.15, 0.2) is 0 Å². The minimum atomic E-state index is 1.16. The number of hydrogen-bond acceptors (Lipinski definition) is 0. The van der Waals surface area contributed by atoms with E-state index < -0.39 is 0 Å². The molecule has 0 saturated heterocycles. The molecule has 3 aromatic carbocycles. The van der Waals surface area contributed by atoms with Crippen LogP contribution in [0.25, 0.3) is 22.3 Å². The monoisotopic (exact) mass is 476 g/mol. The van der Waals surface area contributed by atoms with Crippen LogP contribution in [-0.4, -0.2) is 0 Å². The first-order chi connectivity index (χ1) is 15.2. The predicted octanol–water partition coefficient (Wildman–Crippen LogP) is 10.0. The topological polar surface area (TPSA) is 0 Å². The molecule has 0 aliphatic carbocycles. The van der Waals surface area contributed by atoms with Crippen LogP contribution in [0.15, 0.2) is 71.2 Å². The number of halogens is 1. The van der Waals surface area contributed by atoms with Gasteiger partial charge in [0.25, 0.3) is 0 Å². The summed E-state index contributed by atoms with van der Waals surface area (Å²) < 4.78 is 1.29. The Morgan fingerprint density at radius 3 is 1.71 bits per heavy atom. The third-order valence-corrected chi connectivity index (χ3v) is 6.91. The van der Waals surface area contributed by atoms with Crippen LogP contribution in [0, 0.1) is 0 Å². The zero-order valence-corrected chi connectivity index (χ0v) is 20.9. The molecule has 3 rings (SSSR count). The molecule has 0 radical (unpaired) electrons. The molecular weight excluding hydrogens is 440 g/mol. The van der Waals surface area contributed by atoms with E-state index >= 15 is 0 Å². The van der Waals surface area contributed by atoms with Crippen molar-refractivity contribution in [2.75, 3.05) is 0 Å². The van der Waals surface area contributed by atoms with Gasteiger partial charge in [-0.3, -0.25) is 0 Å². The van der Waals surface area contributed by atoms with E-state index in [1.165, 1.54) is 89.2 Å². The van der Waals surface area contributed by atoms with Crippen molar-refractivity contribution in [3.8, 4) is 22.3 Å². The van der Waals surface area contributed by atoms with Crippen LogP contribution in [0.3, 0.4) is 0 Å². The lowest BCUT2D eigenvalue weighted by atomic mass is 9.91. The SMILES string of the molecule is CCCCCCc1cc(-c2ccc(-c3ccccc3)cc2)c(CCCCCC)cc1Br. The molecule has 0 aromatic heterocycles. The average Bonchev–Trinajstić information content (AvgIpc) is 2.81. The van der Waals surface area contributed by atoms with E-state index in [9.17, 15) is 0 Å². The largest absolute Gasteiger partial charge is 0.0654 e. The molecule has 1 heteroatoms. The van der Waals surface area contributed by atoms with Crippen LogP contribution in [0.1, 0.15) is 76.3 Å². The lowest BCUT2D eigenvalue weighted by Gasteiger charge is -2.15. The van der Waals surface area contributed by atoms with Gasteiger partial charge in [-0.2, -0.15) is 0 Å². The Bertz CT molecular complexity index is 909. The Morgan fingerprint density at radius 2 is 1.10 bits per heavy atom. The first kappa shape index (κ1) is 23.8. The summed E-state index contributed by atoms with van der Waals surface area (Å²) in [6, 6.07) is 24.7. The molecular formula is C30H37Br. The van der Waals surface area contributed by atoms with Gasteiger partial charge in [0.2, 0.25) is 0 Å². The fraction of sp³-hybridized carbons (Fsp3) is 0.400. The van der Waals surface area contributed by atoms with Gasteiger partial charge in [-0.1, -0.05) is 123 Å². The van der Waals surface area contributed by atoms with Crippen LogP contribution < -0.4 is 0 Å². The molecule has 0 aliphatic rings. The maximum atomic E-state index is 3.89. The number of rotatable bonds is 12. The number of hydrogen-bond donors (Lipinski definition) is 0. The smallest absolute Gasteiger partial charge is 0.0210 e. The van der Waals surface area contributed by atoms with E-state index in [1.54, 1.807) is 0 Å². The number of aryl methyl sites for hydroxylation is 2. The summed E-state index contributed by atoms with van der Waals surface area (Å²) >= 11 is 3.89. The molecule has 0 N–H and O–H groups in total. The normalized spacial score (nSPS) is 11.1. The highest BCUT2D eigenvalue weighted by atomic mass is 79.9. The highest BCUT2D eigenvalue weighted by Gasteiger charge is 2.11. The summed E-state index contributed by atoms with van der Waals surface area (Å²) in [5.41, 5.74) is 8.26. The molecule has 164 valence electrons. The van der Waals surface area contributed by atoms with Crippen LogP contribution in [0.5, 0.6) is 0 Å². The maximum absolute atomic E-state index is 3.89. The summed E-state index contributed by atoms with van der Waals surface area (Å²) in [7, 11) is 0. The Hall–Kier alpha value is -1.86. The van der Waals surface area contributed by atoms with Gasteiger partial charge in [-0.15, -0.1) is 0 Å². The van der Waals surface area contributed by atoms with Gasteiger partial charge in [-0.25, -0.2) is 0 Å². The highest BCUT2D eigenvalue weighted by Crippen LogP contribution is 2.33. The molecule has 0 aliphatic heterocycles. The zero-order chi connectivity index (χ0) is 21.9. The van der Waals surface area contributed by atoms with E-state index in [0.717, 1.165) is 12.8 Å². The van der Waals surface area contributed by atoms with Gasteiger partial charge in [-0.05, 0) is 71.2 Å². The maximum Gasteiger partial charge on any atom is 0.0210 e. The van der Waals surface area contributed by atoms with E-state index in [-0.39, 0.29) is 0 Å². The van der Waals surface area contributed by atoms with Crippen LogP contribution in [0.2, 0.25) is 0 Å². The van der Waals surface area contributed by atoms with Crippen molar-refractivity contribution < 1.29 is 0 Å². The van der Waals surface area contributed by atoms with E-state index in [1.807, 2.05) is 0 Å². The molecule has 31 heavy (non-hydrogen) atoms. The first-order valence-electron chi connectivity index (χ1n) is 12.2. The lowest BCUT2D eigenvalue weighted by molar-refractivity contribution is 0.663. The number of benzene rings is 3. The molecule has 0 amide bonds. The predicted molar refractivity (Wildman–Crippen MR) is 141 cm³/mol. The van der Waals surface area contributed by atoms with Crippen LogP contribution >= 0.6 is 15.9 Å². The van der Waals surface area contributed by atoms with Crippen molar-refractivity contribution in [1.29, 1.82) is 0 Å². The molecule has 0 spiro atoms. The average molecular weight is 478 g/mol. The van der Waals surface area contributed by atoms with Crippen molar-refractivity contribution in [1.82, 2.24) is 0 Å². The van der Waals surface area contributed by atoms with Crippen LogP contribution in [-0.2, 0) is 12.8 Å². The van der Waals surface area contributed by atoms with Crippen LogP contribution in [0.4, 0.5) is 0 Å². The minimum absolute atomic E-state index is 1.16. The summed E-state index contributed by atoms with van der Waals surface area (Å²) in [5, 5.41) is 0. The Balaban J connectivity index is 1.86. The van der Waals surface area contributed by atoms with Gasteiger partial charge in [0.1, 0.15) is 0 Å². The second kappa shape index (κ2) is 12.9. The van der Waals surface area contributed by atoms with Crippen molar-refractivity contribution >= 4 is 15.9 Å². The third kappa shape index (κ3) is 7.07. The zero-order valence-electron chi connectivity index (χ0n) is 19.3. The van der Waals surface area contributed by atoms with Crippen molar-refractivity contribution in [2.24, 2.45) is 0 Å². The lowest BCUT2D eigenvalue weighted by Crippen LogP contribution is -1.96. The van der Waals surface area contributed by atoms with Gasteiger partial charge < -0.3 is 0 Å². The molecule has 3 aromatic rings. The summed E-state index contributed by atoms with van der Waals surface area (Å²) in [6.45, 7) is 4.56. The molecule has 0 atom stereocenters. The van der Waals surface area contributed by atoms with E-state index in [0.29, 0.717) is 0 Å². The molecule has 0 unspecified atom stereocenters. The standard InChI is InChI=1S/C30H37Br/c1-3-5-7-10-16-27-23-30(31)28(17-11-8-6-4-2)22-29(27)26-20-18-25(19-21-26)24-14-12-9-13-15-24/h9,12-15,18-23H,3-8,10-11,16-17H2,1-2H3.